The summed E-state index contributed by atoms with van der Waals surface area (Å²) < 4.78 is 44.3. The van der Waals surface area contributed by atoms with Crippen LogP contribution in [0.25, 0.3) is 5.57 Å². The maximum absolute atomic E-state index is 15.1. The first kappa shape index (κ1) is 22.6. The van der Waals surface area contributed by atoms with E-state index in [4.69, 9.17) is 5.26 Å². The van der Waals surface area contributed by atoms with Crippen molar-refractivity contribution in [2.24, 2.45) is 5.92 Å². The molecule has 0 heterocycles. The number of benzene rings is 2. The van der Waals surface area contributed by atoms with Crippen molar-refractivity contribution in [3.05, 3.63) is 75.6 Å². The summed E-state index contributed by atoms with van der Waals surface area (Å²) >= 11 is 0. The molecule has 1 saturated carbocycles. The van der Waals surface area contributed by atoms with Gasteiger partial charge in [0.05, 0.1) is 5.56 Å². The molecule has 4 rings (SSSR count). The second kappa shape index (κ2) is 9.94. The molecule has 0 saturated heterocycles. The first-order valence-corrected chi connectivity index (χ1v) is 11.9. The van der Waals surface area contributed by atoms with Crippen LogP contribution >= 0.6 is 0 Å². The van der Waals surface area contributed by atoms with Gasteiger partial charge in [-0.05, 0) is 96.9 Å². The molecule has 2 aliphatic rings. The van der Waals surface area contributed by atoms with Crippen LogP contribution in [0.2, 0.25) is 0 Å². The van der Waals surface area contributed by atoms with Gasteiger partial charge in [0.25, 0.3) is 0 Å². The summed E-state index contributed by atoms with van der Waals surface area (Å²) in [6.07, 6.45) is 11.8. The second-order valence-corrected chi connectivity index (χ2v) is 9.40. The molecule has 4 heteroatoms. The van der Waals surface area contributed by atoms with E-state index in [1.165, 1.54) is 49.9 Å². The van der Waals surface area contributed by atoms with Crippen molar-refractivity contribution >= 4 is 5.57 Å². The zero-order valence-corrected chi connectivity index (χ0v) is 18.7. The lowest BCUT2D eigenvalue weighted by molar-refractivity contribution is 0.302. The van der Waals surface area contributed by atoms with Gasteiger partial charge >= 0.3 is 0 Å². The van der Waals surface area contributed by atoms with Gasteiger partial charge < -0.3 is 0 Å². The summed E-state index contributed by atoms with van der Waals surface area (Å²) in [7, 11) is 0. The molecule has 0 radical (unpaired) electrons. The number of nitrogens with zero attached hydrogens (tertiary/aromatic N) is 1. The van der Waals surface area contributed by atoms with E-state index >= 15 is 8.78 Å². The Bertz CT molecular complexity index is 1030. The van der Waals surface area contributed by atoms with Crippen LogP contribution in [0.5, 0.6) is 0 Å². The van der Waals surface area contributed by atoms with E-state index in [1.54, 1.807) is 6.08 Å². The quantitative estimate of drug-likeness (QED) is 0.420. The Balaban J connectivity index is 1.48. The fourth-order valence-electron chi connectivity index (χ4n) is 5.40. The average molecular weight is 438 g/mol. The number of hydrogen-bond acceptors (Lipinski definition) is 1. The number of fused-ring (bicyclic) bond motifs is 1. The molecule has 1 nitrogen and oxygen atoms in total. The third-order valence-corrected chi connectivity index (χ3v) is 7.28. The van der Waals surface area contributed by atoms with Gasteiger partial charge in [0.2, 0.25) is 0 Å². The Morgan fingerprint density at radius 2 is 1.62 bits per heavy atom. The van der Waals surface area contributed by atoms with E-state index < -0.39 is 17.5 Å². The molecule has 0 amide bonds. The van der Waals surface area contributed by atoms with Crippen LogP contribution in [0.4, 0.5) is 13.2 Å². The zero-order chi connectivity index (χ0) is 22.7. The third-order valence-electron chi connectivity index (χ3n) is 7.28. The van der Waals surface area contributed by atoms with Crippen molar-refractivity contribution in [2.75, 3.05) is 0 Å². The van der Waals surface area contributed by atoms with Crippen LogP contribution < -0.4 is 0 Å². The molecule has 0 unspecified atom stereocenters. The molecular formula is C28H30F3N. The largest absolute Gasteiger partial charge is 0.206 e. The minimum atomic E-state index is -0.589. The van der Waals surface area contributed by atoms with Gasteiger partial charge in [0, 0.05) is 5.56 Å². The number of allylic oxidation sites excluding steroid dienone is 2. The molecule has 2 aromatic rings. The summed E-state index contributed by atoms with van der Waals surface area (Å²) in [6.45, 7) is 2.22. The molecular weight excluding hydrogens is 407 g/mol. The maximum atomic E-state index is 15.1. The predicted molar refractivity (Wildman–Crippen MR) is 122 cm³/mol. The Kier molecular flexibility index (Phi) is 7.04. The van der Waals surface area contributed by atoms with Crippen molar-refractivity contribution < 1.29 is 13.2 Å². The van der Waals surface area contributed by atoms with Gasteiger partial charge in [-0.3, -0.25) is 0 Å². The van der Waals surface area contributed by atoms with Crippen molar-refractivity contribution in [1.82, 2.24) is 0 Å². The fourth-order valence-corrected chi connectivity index (χ4v) is 5.40. The molecule has 2 aromatic carbocycles. The molecule has 0 N–H and O–H groups in total. The number of unbranched alkanes of at least 4 members (excludes halogenated alkanes) is 2. The van der Waals surface area contributed by atoms with Crippen LogP contribution in [0.1, 0.15) is 92.0 Å². The van der Waals surface area contributed by atoms with E-state index in [0.717, 1.165) is 42.7 Å². The van der Waals surface area contributed by atoms with Crippen molar-refractivity contribution in [3.63, 3.8) is 0 Å². The molecule has 0 aromatic heterocycles. The maximum Gasteiger partial charge on any atom is 0.141 e. The molecule has 0 atom stereocenters. The average Bonchev–Trinajstić information content (AvgIpc) is 2.78. The lowest BCUT2D eigenvalue weighted by Gasteiger charge is -2.29. The molecule has 2 aliphatic carbocycles. The fraction of sp³-hybridized carbons (Fsp3) is 0.464. The van der Waals surface area contributed by atoms with Crippen LogP contribution in [0, 0.1) is 34.7 Å². The van der Waals surface area contributed by atoms with Gasteiger partial charge in [-0.25, -0.2) is 13.2 Å². The predicted octanol–water partition coefficient (Wildman–Crippen LogP) is 8.01. The van der Waals surface area contributed by atoms with Crippen molar-refractivity contribution in [2.45, 2.75) is 77.0 Å². The van der Waals surface area contributed by atoms with E-state index in [9.17, 15) is 4.39 Å². The highest BCUT2D eigenvalue weighted by atomic mass is 19.1. The zero-order valence-electron chi connectivity index (χ0n) is 18.7. The number of nitriles is 1. The van der Waals surface area contributed by atoms with Crippen molar-refractivity contribution in [3.8, 4) is 6.07 Å². The minimum absolute atomic E-state index is 0.00222. The molecule has 0 bridgehead atoms. The lowest BCUT2D eigenvalue weighted by Crippen LogP contribution is -2.14. The van der Waals surface area contributed by atoms with Crippen LogP contribution in [0.3, 0.4) is 0 Å². The SMILES string of the molecule is CCCCCC1CCC(c2cc(F)c(C3=CCc4cc(C#N)c(F)cc4C3)c(F)c2)CC1. The van der Waals surface area contributed by atoms with E-state index in [1.807, 2.05) is 6.07 Å². The highest BCUT2D eigenvalue weighted by Gasteiger charge is 2.26. The van der Waals surface area contributed by atoms with E-state index in [-0.39, 0.29) is 23.5 Å². The Labute approximate surface area is 189 Å². The summed E-state index contributed by atoms with van der Waals surface area (Å²) in [4.78, 5) is 0. The Hall–Kier alpha value is -2.54. The number of halogens is 3. The van der Waals surface area contributed by atoms with E-state index in [2.05, 4.69) is 6.92 Å². The highest BCUT2D eigenvalue weighted by Crippen LogP contribution is 2.40. The molecule has 0 spiro atoms. The number of rotatable bonds is 6. The topological polar surface area (TPSA) is 23.8 Å². The normalized spacial score (nSPS) is 20.4. The van der Waals surface area contributed by atoms with Crippen LogP contribution in [0.15, 0.2) is 30.3 Å². The second-order valence-electron chi connectivity index (χ2n) is 9.40. The summed E-state index contributed by atoms with van der Waals surface area (Å²) in [5.41, 5.74) is 2.82. The lowest BCUT2D eigenvalue weighted by atomic mass is 9.76. The molecule has 32 heavy (non-hydrogen) atoms. The standard InChI is InChI=1S/C28H30F3N/c1-2-3-4-5-18-6-8-19(9-7-18)23-15-26(30)28(27(31)16-23)21-11-10-20-12-24(17-32)25(29)14-22(20)13-21/h11-12,14-16,18-19H,2-10,13H2,1H3. The summed E-state index contributed by atoms with van der Waals surface area (Å²) in [6, 6.07) is 7.72. The Morgan fingerprint density at radius 3 is 2.28 bits per heavy atom. The smallest absolute Gasteiger partial charge is 0.141 e. The molecule has 1 fully saturated rings. The van der Waals surface area contributed by atoms with Gasteiger partial charge in [0.1, 0.15) is 23.5 Å². The summed E-state index contributed by atoms with van der Waals surface area (Å²) in [5, 5.41) is 9.01. The third kappa shape index (κ3) is 4.77. The van der Waals surface area contributed by atoms with Crippen LogP contribution in [-0.4, -0.2) is 0 Å². The van der Waals surface area contributed by atoms with E-state index in [0.29, 0.717) is 17.6 Å². The molecule has 0 aliphatic heterocycles. The first-order valence-electron chi connectivity index (χ1n) is 11.9. The number of hydrogen-bond donors (Lipinski definition) is 0. The van der Waals surface area contributed by atoms with Crippen molar-refractivity contribution in [1.29, 1.82) is 5.26 Å². The Morgan fingerprint density at radius 1 is 0.906 bits per heavy atom. The van der Waals surface area contributed by atoms with Gasteiger partial charge in [-0.15, -0.1) is 0 Å². The monoisotopic (exact) mass is 437 g/mol. The minimum Gasteiger partial charge on any atom is -0.206 e. The van der Waals surface area contributed by atoms with Gasteiger partial charge in [0.15, 0.2) is 0 Å². The molecule has 168 valence electrons. The first-order chi connectivity index (χ1) is 15.5. The highest BCUT2D eigenvalue weighted by molar-refractivity contribution is 5.72. The van der Waals surface area contributed by atoms with Crippen LogP contribution in [-0.2, 0) is 12.8 Å². The summed E-state index contributed by atoms with van der Waals surface area (Å²) in [5.74, 6) is -0.687. The van der Waals surface area contributed by atoms with Gasteiger partial charge in [-0.1, -0.05) is 38.7 Å². The van der Waals surface area contributed by atoms with Gasteiger partial charge in [-0.2, -0.15) is 5.26 Å².